The Kier molecular flexibility index (Phi) is 2.40. The Balaban J connectivity index is 3.07. The largest absolute Gasteiger partial charge is 0.318 e. The fourth-order valence-corrected chi connectivity index (χ4v) is 2.11. The molecule has 2 rings (SSSR count). The summed E-state index contributed by atoms with van der Waals surface area (Å²) in [6.07, 6.45) is 1.81. The molecule has 1 aromatic heterocycles. The maximum Gasteiger partial charge on any atom is 0.258 e. The first-order valence-electron chi connectivity index (χ1n) is 4.87. The van der Waals surface area contributed by atoms with Crippen LogP contribution < -0.4 is 10.9 Å². The van der Waals surface area contributed by atoms with Gasteiger partial charge in [0.1, 0.15) is 0 Å². The van der Waals surface area contributed by atoms with Crippen LogP contribution in [0.25, 0.3) is 10.8 Å². The molecule has 0 aliphatic rings. The number of benzene rings is 1. The van der Waals surface area contributed by atoms with E-state index in [9.17, 15) is 4.79 Å². The number of aromatic nitrogens is 1. The Morgan fingerprint density at radius 1 is 1.33 bits per heavy atom. The molecule has 0 bridgehead atoms. The normalized spacial score (nSPS) is 10.9. The lowest BCUT2D eigenvalue weighted by Crippen LogP contribution is -2.19. The maximum atomic E-state index is 12.0. The van der Waals surface area contributed by atoms with Crippen molar-refractivity contribution in [3.63, 3.8) is 0 Å². The van der Waals surface area contributed by atoms with Crippen LogP contribution in [-0.2, 0) is 7.05 Å². The van der Waals surface area contributed by atoms with Crippen LogP contribution in [-0.4, -0.2) is 4.57 Å². The van der Waals surface area contributed by atoms with Crippen molar-refractivity contribution in [3.8, 4) is 0 Å². The van der Waals surface area contributed by atoms with Gasteiger partial charge < -0.3 is 4.57 Å². The van der Waals surface area contributed by atoms with Gasteiger partial charge in [-0.25, -0.2) is 0 Å². The van der Waals surface area contributed by atoms with Crippen molar-refractivity contribution in [2.24, 2.45) is 7.05 Å². The highest BCUT2D eigenvalue weighted by Gasteiger charge is 2.07. The Hall–Kier alpha value is -1.14. The van der Waals surface area contributed by atoms with Crippen LogP contribution in [0.3, 0.4) is 0 Å². The van der Waals surface area contributed by atoms with Gasteiger partial charge in [-0.15, -0.1) is 9.24 Å². The zero-order valence-corrected chi connectivity index (χ0v) is 10.3. The summed E-state index contributed by atoms with van der Waals surface area (Å²) in [4.78, 5) is 12.0. The van der Waals surface area contributed by atoms with Gasteiger partial charge in [0.15, 0.2) is 0 Å². The summed E-state index contributed by atoms with van der Waals surface area (Å²) < 4.78 is 1.62. The highest BCUT2D eigenvalue weighted by atomic mass is 31.0. The summed E-state index contributed by atoms with van der Waals surface area (Å²) >= 11 is 0. The minimum atomic E-state index is 0.0775. The molecule has 1 atom stereocenters. The van der Waals surface area contributed by atoms with Crippen LogP contribution in [0.2, 0.25) is 0 Å². The van der Waals surface area contributed by atoms with E-state index >= 15 is 0 Å². The number of hydrogen-bond acceptors (Lipinski definition) is 1. The number of nitrogens with zero attached hydrogens (tertiary/aromatic N) is 1. The van der Waals surface area contributed by atoms with Gasteiger partial charge in [-0.2, -0.15) is 0 Å². The molecule has 0 aliphatic heterocycles. The van der Waals surface area contributed by atoms with Crippen molar-refractivity contribution < 1.29 is 0 Å². The van der Waals surface area contributed by atoms with Gasteiger partial charge >= 0.3 is 0 Å². The predicted octanol–water partition coefficient (Wildman–Crippen LogP) is 1.66. The molecular weight excluding hydrogens is 205 g/mol. The molecule has 0 amide bonds. The highest BCUT2D eigenvalue weighted by molar-refractivity contribution is 7.27. The average Bonchev–Trinajstić information content (AvgIpc) is 2.20. The van der Waals surface area contributed by atoms with Gasteiger partial charge in [-0.1, -0.05) is 6.07 Å². The van der Waals surface area contributed by atoms with Crippen molar-refractivity contribution >= 4 is 25.3 Å². The third kappa shape index (κ3) is 1.49. The second-order valence-corrected chi connectivity index (χ2v) is 4.51. The Labute approximate surface area is 91.1 Å². The molecule has 1 unspecified atom stereocenters. The summed E-state index contributed by atoms with van der Waals surface area (Å²) in [6.45, 7) is 4.06. The number of hydrogen-bond donors (Lipinski definition) is 0. The van der Waals surface area contributed by atoms with Crippen LogP contribution in [0.15, 0.2) is 23.1 Å². The first kappa shape index (κ1) is 10.4. The van der Waals surface area contributed by atoms with Gasteiger partial charge in [0.05, 0.1) is 5.39 Å². The van der Waals surface area contributed by atoms with Gasteiger partial charge in [0.2, 0.25) is 0 Å². The molecule has 3 heteroatoms. The Morgan fingerprint density at radius 2 is 2.00 bits per heavy atom. The lowest BCUT2D eigenvalue weighted by atomic mass is 10.0. The molecule has 0 fully saturated rings. The van der Waals surface area contributed by atoms with Gasteiger partial charge in [0.25, 0.3) is 5.56 Å². The maximum absolute atomic E-state index is 12.0. The summed E-state index contributed by atoms with van der Waals surface area (Å²) in [6, 6.07) is 4.05. The Morgan fingerprint density at radius 3 is 2.67 bits per heavy atom. The van der Waals surface area contributed by atoms with Crippen LogP contribution in [0, 0.1) is 13.8 Å². The number of pyridine rings is 1. The molecule has 2 aromatic rings. The van der Waals surface area contributed by atoms with Gasteiger partial charge in [-0.05, 0) is 41.7 Å². The van der Waals surface area contributed by atoms with Gasteiger partial charge in [-0.3, -0.25) is 4.79 Å². The lowest BCUT2D eigenvalue weighted by Gasteiger charge is -2.09. The molecule has 0 saturated carbocycles. The fourth-order valence-electron chi connectivity index (χ4n) is 1.88. The summed E-state index contributed by atoms with van der Waals surface area (Å²) in [7, 11) is 4.49. The zero-order chi connectivity index (χ0) is 11.2. The molecule has 0 aliphatic carbocycles. The van der Waals surface area contributed by atoms with Crippen molar-refractivity contribution in [2.45, 2.75) is 13.8 Å². The lowest BCUT2D eigenvalue weighted by molar-refractivity contribution is 0.872. The van der Waals surface area contributed by atoms with E-state index in [1.807, 2.05) is 19.2 Å². The molecule has 78 valence electrons. The summed E-state index contributed by atoms with van der Waals surface area (Å²) in [5.74, 6) is 0. The van der Waals surface area contributed by atoms with Crippen LogP contribution in [0.1, 0.15) is 11.1 Å². The van der Waals surface area contributed by atoms with E-state index in [1.54, 1.807) is 11.6 Å². The number of rotatable bonds is 0. The van der Waals surface area contributed by atoms with Crippen molar-refractivity contribution in [1.82, 2.24) is 4.57 Å². The summed E-state index contributed by atoms with van der Waals surface area (Å²) in [5, 5.41) is 2.99. The molecule has 1 aromatic carbocycles. The van der Waals surface area contributed by atoms with E-state index < -0.39 is 0 Å². The van der Waals surface area contributed by atoms with E-state index in [0.29, 0.717) is 0 Å². The van der Waals surface area contributed by atoms with Crippen LogP contribution in [0.4, 0.5) is 0 Å². The van der Waals surface area contributed by atoms with Crippen LogP contribution >= 0.6 is 9.24 Å². The number of fused-ring (bicyclic) bond motifs is 1. The Bertz CT molecular complexity index is 599. The zero-order valence-electron chi connectivity index (χ0n) is 9.16. The second-order valence-electron chi connectivity index (χ2n) is 3.93. The molecular formula is C12H14NOP. The molecule has 1 heterocycles. The average molecular weight is 219 g/mol. The topological polar surface area (TPSA) is 22.0 Å². The SMILES string of the molecule is Cc1cc2ccn(C)c(=O)c2c(C)c1P. The third-order valence-corrected chi connectivity index (χ3v) is 3.76. The highest BCUT2D eigenvalue weighted by Crippen LogP contribution is 2.16. The van der Waals surface area contributed by atoms with Gasteiger partial charge in [0, 0.05) is 13.2 Å². The van der Waals surface area contributed by atoms with E-state index in [1.165, 1.54) is 5.56 Å². The standard InChI is InChI=1S/C12H14NOP/c1-7-6-9-4-5-13(3)12(14)10(9)8(2)11(7)15/h4-6H,15H2,1-3H3. The molecule has 0 spiro atoms. The molecule has 2 nitrogen and oxygen atoms in total. The molecule has 0 saturated heterocycles. The fraction of sp³-hybridized carbons (Fsp3) is 0.250. The minimum absolute atomic E-state index is 0.0775. The minimum Gasteiger partial charge on any atom is -0.318 e. The quantitative estimate of drug-likeness (QED) is 0.617. The van der Waals surface area contributed by atoms with E-state index in [2.05, 4.69) is 22.2 Å². The van der Waals surface area contributed by atoms with Crippen molar-refractivity contribution in [1.29, 1.82) is 0 Å². The van der Waals surface area contributed by atoms with Crippen LogP contribution in [0.5, 0.6) is 0 Å². The van der Waals surface area contributed by atoms with E-state index in [4.69, 9.17) is 0 Å². The van der Waals surface area contributed by atoms with Crippen molar-refractivity contribution in [3.05, 3.63) is 39.8 Å². The summed E-state index contributed by atoms with van der Waals surface area (Å²) in [5.41, 5.74) is 2.35. The first-order chi connectivity index (χ1) is 7.02. The predicted molar refractivity (Wildman–Crippen MR) is 68.0 cm³/mol. The molecule has 15 heavy (non-hydrogen) atoms. The van der Waals surface area contributed by atoms with Crippen molar-refractivity contribution in [2.75, 3.05) is 0 Å². The van der Waals surface area contributed by atoms with E-state index in [0.717, 1.165) is 21.6 Å². The smallest absolute Gasteiger partial charge is 0.258 e. The van der Waals surface area contributed by atoms with E-state index in [-0.39, 0.29) is 5.56 Å². The number of aryl methyl sites for hydroxylation is 3. The molecule has 0 N–H and O–H groups in total. The first-order valence-corrected chi connectivity index (χ1v) is 5.45. The monoisotopic (exact) mass is 219 g/mol. The second kappa shape index (κ2) is 3.46. The molecule has 0 radical (unpaired) electrons. The third-order valence-electron chi connectivity index (χ3n) is 2.88.